The number of rotatable bonds is 4. The van der Waals surface area contributed by atoms with Gasteiger partial charge >= 0.3 is 0 Å². The molecule has 148 valence electrons. The highest BCUT2D eigenvalue weighted by molar-refractivity contribution is 6.06. The quantitative estimate of drug-likeness (QED) is 0.644. The Morgan fingerprint density at radius 3 is 2.61 bits per heavy atom. The lowest BCUT2D eigenvalue weighted by atomic mass is 10.0. The van der Waals surface area contributed by atoms with Gasteiger partial charge in [-0.1, -0.05) is 50.2 Å². The van der Waals surface area contributed by atoms with Gasteiger partial charge in [-0.2, -0.15) is 0 Å². The number of hydrogen-bond acceptors (Lipinski definition) is 3. The molecule has 0 bridgehead atoms. The Morgan fingerprint density at radius 2 is 1.82 bits per heavy atom. The van der Waals surface area contributed by atoms with Crippen LogP contribution < -0.4 is 10.6 Å². The van der Waals surface area contributed by atoms with Crippen LogP contribution >= 0.6 is 24.8 Å². The molecule has 0 atom stereocenters. The molecule has 1 aromatic heterocycles. The van der Waals surface area contributed by atoms with Gasteiger partial charge in [0, 0.05) is 30.7 Å². The van der Waals surface area contributed by atoms with Gasteiger partial charge in [-0.25, -0.2) is 0 Å². The number of para-hydroxylation sites is 1. The Hall–Kier alpha value is -2.14. The third kappa shape index (κ3) is 4.46. The average Bonchev–Trinajstić information content (AvgIpc) is 3.13. The largest absolute Gasteiger partial charge is 0.348 e. The van der Waals surface area contributed by atoms with Gasteiger partial charge in [-0.05, 0) is 34.7 Å². The summed E-state index contributed by atoms with van der Waals surface area (Å²) in [5, 5.41) is 7.32. The molecule has 1 amide bonds. The molecule has 28 heavy (non-hydrogen) atoms. The Bertz CT molecular complexity index is 989. The van der Waals surface area contributed by atoms with Crippen LogP contribution in [-0.2, 0) is 19.6 Å². The van der Waals surface area contributed by atoms with Crippen LogP contribution in [0.5, 0.6) is 0 Å². The first-order valence-electron chi connectivity index (χ1n) is 9.11. The van der Waals surface area contributed by atoms with Gasteiger partial charge < -0.3 is 10.6 Å². The molecular weight excluding hydrogens is 393 g/mol. The lowest BCUT2D eigenvalue weighted by molar-refractivity contribution is 0.0952. The summed E-state index contributed by atoms with van der Waals surface area (Å²) in [5.74, 6) is 0.222. The van der Waals surface area contributed by atoms with Crippen molar-refractivity contribution < 1.29 is 4.79 Å². The molecule has 0 unspecified atom stereocenters. The van der Waals surface area contributed by atoms with Crippen LogP contribution in [0.15, 0.2) is 48.5 Å². The fourth-order valence-corrected chi connectivity index (χ4v) is 3.42. The van der Waals surface area contributed by atoms with Crippen molar-refractivity contribution in [3.63, 3.8) is 0 Å². The maximum Gasteiger partial charge on any atom is 0.252 e. The molecule has 4 rings (SSSR count). The summed E-state index contributed by atoms with van der Waals surface area (Å²) in [6.07, 6.45) is 0. The minimum atomic E-state index is -0.0517. The van der Waals surface area contributed by atoms with Crippen molar-refractivity contribution in [1.82, 2.24) is 15.6 Å². The number of carbonyl (C=O) groups is 1. The van der Waals surface area contributed by atoms with Crippen molar-refractivity contribution in [2.45, 2.75) is 39.4 Å². The summed E-state index contributed by atoms with van der Waals surface area (Å²) in [6.45, 7) is 6.56. The zero-order valence-corrected chi connectivity index (χ0v) is 17.6. The highest BCUT2D eigenvalue weighted by Gasteiger charge is 2.15. The lowest BCUT2D eigenvalue weighted by Gasteiger charge is -2.12. The fourth-order valence-electron chi connectivity index (χ4n) is 3.42. The molecule has 3 aromatic rings. The Labute approximate surface area is 178 Å². The molecular formula is C22H25Cl2N3O. The summed E-state index contributed by atoms with van der Waals surface area (Å²) >= 11 is 0. The number of hydrogen-bond donors (Lipinski definition) is 2. The number of benzene rings is 2. The zero-order valence-electron chi connectivity index (χ0n) is 16.0. The molecule has 1 aliphatic heterocycles. The van der Waals surface area contributed by atoms with Crippen molar-refractivity contribution >= 4 is 41.6 Å². The van der Waals surface area contributed by atoms with Crippen LogP contribution in [-0.4, -0.2) is 10.9 Å². The predicted octanol–water partition coefficient (Wildman–Crippen LogP) is 4.74. The smallest absolute Gasteiger partial charge is 0.252 e. The molecule has 2 N–H and O–H groups in total. The lowest BCUT2D eigenvalue weighted by Crippen LogP contribution is -2.23. The molecule has 0 aliphatic carbocycles. The summed E-state index contributed by atoms with van der Waals surface area (Å²) in [5.41, 5.74) is 6.31. The number of fused-ring (bicyclic) bond motifs is 2. The number of pyridine rings is 1. The monoisotopic (exact) mass is 417 g/mol. The van der Waals surface area contributed by atoms with E-state index in [0.717, 1.165) is 35.2 Å². The molecule has 0 fully saturated rings. The van der Waals surface area contributed by atoms with E-state index in [4.69, 9.17) is 0 Å². The average molecular weight is 418 g/mol. The van der Waals surface area contributed by atoms with Gasteiger partial charge in [0.15, 0.2) is 0 Å². The molecule has 2 aromatic carbocycles. The van der Waals surface area contributed by atoms with E-state index in [1.807, 2.05) is 30.3 Å². The van der Waals surface area contributed by atoms with Gasteiger partial charge in [-0.3, -0.25) is 9.78 Å². The van der Waals surface area contributed by atoms with Crippen molar-refractivity contribution in [3.05, 3.63) is 76.5 Å². The number of halogens is 2. The van der Waals surface area contributed by atoms with E-state index in [1.165, 1.54) is 11.1 Å². The predicted molar refractivity (Wildman–Crippen MR) is 118 cm³/mol. The van der Waals surface area contributed by atoms with E-state index in [1.54, 1.807) is 0 Å². The molecule has 0 spiro atoms. The number of nitrogens with zero attached hydrogens (tertiary/aromatic N) is 1. The van der Waals surface area contributed by atoms with E-state index < -0.39 is 0 Å². The third-order valence-electron chi connectivity index (χ3n) is 4.93. The first-order valence-corrected chi connectivity index (χ1v) is 9.11. The van der Waals surface area contributed by atoms with Crippen molar-refractivity contribution in [3.8, 4) is 0 Å². The summed E-state index contributed by atoms with van der Waals surface area (Å²) in [6, 6.07) is 16.2. The van der Waals surface area contributed by atoms with Crippen LogP contribution in [0, 0.1) is 0 Å². The number of aromatic nitrogens is 1. The Balaban J connectivity index is 0.00000140. The van der Waals surface area contributed by atoms with Gasteiger partial charge in [0.2, 0.25) is 0 Å². The summed E-state index contributed by atoms with van der Waals surface area (Å²) in [7, 11) is 0. The van der Waals surface area contributed by atoms with E-state index in [9.17, 15) is 4.79 Å². The van der Waals surface area contributed by atoms with Gasteiger partial charge in [0.05, 0.1) is 11.1 Å². The normalized spacial score (nSPS) is 12.2. The second-order valence-corrected chi connectivity index (χ2v) is 7.16. The molecule has 0 radical (unpaired) electrons. The second kappa shape index (κ2) is 9.37. The van der Waals surface area contributed by atoms with Crippen LogP contribution in [0.3, 0.4) is 0 Å². The number of nitrogens with one attached hydrogen (secondary N) is 2. The van der Waals surface area contributed by atoms with Crippen LogP contribution in [0.1, 0.15) is 52.5 Å². The minimum absolute atomic E-state index is 0. The standard InChI is InChI=1S/C22H23N3O.2ClH/c1-14(2)21-10-19(18-5-3-4-6-20(18)25-21)22(26)24-11-15-7-8-16-12-23-13-17(16)9-15;;/h3-10,14,23H,11-13H2,1-2H3,(H,24,26);2*1H. The van der Waals surface area contributed by atoms with Gasteiger partial charge in [0.25, 0.3) is 5.91 Å². The van der Waals surface area contributed by atoms with E-state index >= 15 is 0 Å². The van der Waals surface area contributed by atoms with Gasteiger partial charge in [-0.15, -0.1) is 24.8 Å². The maximum absolute atomic E-state index is 12.9. The zero-order chi connectivity index (χ0) is 18.1. The first kappa shape index (κ1) is 22.2. The van der Waals surface area contributed by atoms with Crippen molar-refractivity contribution in [1.29, 1.82) is 0 Å². The van der Waals surface area contributed by atoms with Crippen LogP contribution in [0.2, 0.25) is 0 Å². The number of carbonyl (C=O) groups excluding carboxylic acids is 1. The first-order chi connectivity index (χ1) is 12.6. The SMILES string of the molecule is CC(C)c1cc(C(=O)NCc2ccc3c(c2)CNC3)c2ccccc2n1.Cl.Cl. The fraction of sp³-hybridized carbons (Fsp3) is 0.273. The van der Waals surface area contributed by atoms with Crippen LogP contribution in [0.25, 0.3) is 10.9 Å². The Morgan fingerprint density at radius 1 is 1.07 bits per heavy atom. The van der Waals surface area contributed by atoms with Crippen molar-refractivity contribution in [2.24, 2.45) is 0 Å². The van der Waals surface area contributed by atoms with E-state index in [0.29, 0.717) is 12.1 Å². The van der Waals surface area contributed by atoms with Crippen molar-refractivity contribution in [2.75, 3.05) is 0 Å². The third-order valence-corrected chi connectivity index (χ3v) is 4.93. The Kier molecular flexibility index (Phi) is 7.41. The van der Waals surface area contributed by atoms with Crippen LogP contribution in [0.4, 0.5) is 0 Å². The molecule has 0 saturated carbocycles. The summed E-state index contributed by atoms with van der Waals surface area (Å²) < 4.78 is 0. The highest BCUT2D eigenvalue weighted by Crippen LogP contribution is 2.23. The maximum atomic E-state index is 12.9. The topological polar surface area (TPSA) is 54.0 Å². The molecule has 4 nitrogen and oxygen atoms in total. The van der Waals surface area contributed by atoms with E-state index in [-0.39, 0.29) is 36.6 Å². The van der Waals surface area contributed by atoms with Gasteiger partial charge in [0.1, 0.15) is 0 Å². The molecule has 1 aliphatic rings. The molecule has 6 heteroatoms. The van der Waals surface area contributed by atoms with E-state index in [2.05, 4.69) is 47.7 Å². The molecule has 0 saturated heterocycles. The summed E-state index contributed by atoms with van der Waals surface area (Å²) in [4.78, 5) is 17.6. The highest BCUT2D eigenvalue weighted by atomic mass is 35.5. The minimum Gasteiger partial charge on any atom is -0.348 e. The second-order valence-electron chi connectivity index (χ2n) is 7.16. The molecule has 2 heterocycles. The number of amides is 1.